The van der Waals surface area contributed by atoms with E-state index in [1.54, 1.807) is 4.90 Å². The molecule has 1 N–H and O–H groups in total. The third-order valence-electron chi connectivity index (χ3n) is 3.78. The minimum absolute atomic E-state index is 0.0430. The monoisotopic (exact) mass is 372 g/mol. The van der Waals surface area contributed by atoms with Gasteiger partial charge in [0.2, 0.25) is 5.95 Å². The number of benzene rings is 2. The molecule has 0 atom stereocenters. The molecule has 1 aromatic heterocycles. The molecule has 8 heteroatoms. The zero-order valence-corrected chi connectivity index (χ0v) is 14.3. The first-order valence-electron chi connectivity index (χ1n) is 8.11. The molecule has 0 bridgehead atoms. The number of amides is 1. The number of halogens is 3. The Morgan fingerprint density at radius 2 is 1.78 bits per heavy atom. The number of anilines is 3. The van der Waals surface area contributed by atoms with Crippen LogP contribution in [0.1, 0.15) is 17.4 Å². The fourth-order valence-corrected chi connectivity index (χ4v) is 2.46. The van der Waals surface area contributed by atoms with E-state index in [1.165, 1.54) is 12.3 Å². The zero-order chi connectivity index (χ0) is 19.4. The summed E-state index contributed by atoms with van der Waals surface area (Å²) in [6.45, 7) is 2.45. The Kier molecular flexibility index (Phi) is 5.35. The Morgan fingerprint density at radius 1 is 1.04 bits per heavy atom. The summed E-state index contributed by atoms with van der Waals surface area (Å²) in [4.78, 5) is 22.5. The van der Waals surface area contributed by atoms with Gasteiger partial charge in [0.25, 0.3) is 5.91 Å². The number of hydrogen-bond acceptors (Lipinski definition) is 4. The molecule has 0 saturated heterocycles. The highest BCUT2D eigenvalue weighted by Gasteiger charge is 2.18. The molecule has 0 radical (unpaired) electrons. The molecule has 27 heavy (non-hydrogen) atoms. The average Bonchev–Trinajstić information content (AvgIpc) is 2.70. The highest BCUT2D eigenvalue weighted by Crippen LogP contribution is 2.22. The predicted octanol–water partition coefficient (Wildman–Crippen LogP) is 4.30. The van der Waals surface area contributed by atoms with Gasteiger partial charge in [0.05, 0.1) is 5.69 Å². The maximum absolute atomic E-state index is 13.8. The maximum atomic E-state index is 13.8. The summed E-state index contributed by atoms with van der Waals surface area (Å²) in [5, 5.41) is 2.19. The van der Waals surface area contributed by atoms with Gasteiger partial charge in [-0.2, -0.15) is 0 Å². The molecular formula is C19H15F3N4O. The van der Waals surface area contributed by atoms with Gasteiger partial charge in [-0.25, -0.2) is 23.1 Å². The lowest BCUT2D eigenvalue weighted by Gasteiger charge is -2.21. The number of aromatic nitrogens is 2. The lowest BCUT2D eigenvalue weighted by atomic mass is 10.2. The first-order chi connectivity index (χ1) is 13.0. The number of para-hydroxylation sites is 1. The van der Waals surface area contributed by atoms with Crippen molar-refractivity contribution < 1.29 is 18.0 Å². The molecule has 3 rings (SSSR count). The van der Waals surface area contributed by atoms with Crippen LogP contribution in [0.25, 0.3) is 0 Å². The highest BCUT2D eigenvalue weighted by molar-refractivity contribution is 6.03. The largest absolute Gasteiger partial charge is 0.318 e. The van der Waals surface area contributed by atoms with Crippen LogP contribution in [-0.2, 0) is 0 Å². The summed E-state index contributed by atoms with van der Waals surface area (Å²) in [7, 11) is 0. The second-order valence-electron chi connectivity index (χ2n) is 5.50. The molecule has 0 spiro atoms. The minimum Gasteiger partial charge on any atom is -0.318 e. The van der Waals surface area contributed by atoms with E-state index in [2.05, 4.69) is 15.3 Å². The van der Waals surface area contributed by atoms with Crippen LogP contribution in [0.15, 0.2) is 54.7 Å². The van der Waals surface area contributed by atoms with Crippen molar-refractivity contribution in [2.75, 3.05) is 16.8 Å². The van der Waals surface area contributed by atoms with Crippen LogP contribution < -0.4 is 10.2 Å². The summed E-state index contributed by atoms with van der Waals surface area (Å²) in [5.74, 6) is -4.96. The Labute approximate surface area is 153 Å². The van der Waals surface area contributed by atoms with Crippen LogP contribution in [0.4, 0.5) is 30.5 Å². The summed E-state index contributed by atoms with van der Waals surface area (Å²) < 4.78 is 40.1. The molecule has 5 nitrogen and oxygen atoms in total. The normalized spacial score (nSPS) is 10.5. The van der Waals surface area contributed by atoms with E-state index >= 15 is 0 Å². The smallest absolute Gasteiger partial charge is 0.274 e. The first-order valence-corrected chi connectivity index (χ1v) is 8.11. The van der Waals surface area contributed by atoms with E-state index in [1.807, 2.05) is 37.3 Å². The van der Waals surface area contributed by atoms with E-state index < -0.39 is 29.0 Å². The van der Waals surface area contributed by atoms with Crippen LogP contribution in [0.2, 0.25) is 0 Å². The minimum atomic E-state index is -1.66. The lowest BCUT2D eigenvalue weighted by Crippen LogP contribution is -2.21. The van der Waals surface area contributed by atoms with Gasteiger partial charge in [0.15, 0.2) is 17.5 Å². The van der Waals surface area contributed by atoms with Crippen molar-refractivity contribution >= 4 is 23.2 Å². The van der Waals surface area contributed by atoms with Crippen LogP contribution in [0.5, 0.6) is 0 Å². The lowest BCUT2D eigenvalue weighted by molar-refractivity contribution is 0.102. The standard InChI is InChI=1S/C19H15F3N4O/c1-2-26(12-6-4-3-5-7-12)19-23-11-10-15(25-19)18(27)24-14-9-8-13(20)16(21)17(14)22/h3-11H,2H2,1H3,(H,24,27). The van der Waals surface area contributed by atoms with Crippen molar-refractivity contribution in [2.24, 2.45) is 0 Å². The predicted molar refractivity (Wildman–Crippen MR) is 95.4 cm³/mol. The van der Waals surface area contributed by atoms with Gasteiger partial charge in [-0.1, -0.05) is 18.2 Å². The Hall–Kier alpha value is -3.42. The van der Waals surface area contributed by atoms with Crippen LogP contribution in [0, 0.1) is 17.5 Å². The Balaban J connectivity index is 1.87. The average molecular weight is 372 g/mol. The van der Waals surface area contributed by atoms with Crippen molar-refractivity contribution in [1.29, 1.82) is 0 Å². The molecular weight excluding hydrogens is 357 g/mol. The molecule has 1 amide bonds. The molecule has 1 heterocycles. The van der Waals surface area contributed by atoms with Gasteiger partial charge in [-0.05, 0) is 37.3 Å². The Morgan fingerprint density at radius 3 is 2.48 bits per heavy atom. The van der Waals surface area contributed by atoms with Crippen molar-refractivity contribution in [3.8, 4) is 0 Å². The van der Waals surface area contributed by atoms with E-state index in [0.717, 1.165) is 17.8 Å². The number of nitrogens with zero attached hydrogens (tertiary/aromatic N) is 3. The van der Waals surface area contributed by atoms with Gasteiger partial charge in [0.1, 0.15) is 5.69 Å². The quantitative estimate of drug-likeness (QED) is 0.679. The second kappa shape index (κ2) is 7.86. The van der Waals surface area contributed by atoms with E-state index in [9.17, 15) is 18.0 Å². The van der Waals surface area contributed by atoms with Gasteiger partial charge in [-0.3, -0.25) is 4.79 Å². The third-order valence-corrected chi connectivity index (χ3v) is 3.78. The topological polar surface area (TPSA) is 58.1 Å². The van der Waals surface area contributed by atoms with Gasteiger partial charge in [-0.15, -0.1) is 0 Å². The molecule has 0 aliphatic carbocycles. The molecule has 138 valence electrons. The van der Waals surface area contributed by atoms with Crippen LogP contribution in [-0.4, -0.2) is 22.4 Å². The summed E-state index contributed by atoms with van der Waals surface area (Å²) in [6.07, 6.45) is 1.39. The van der Waals surface area contributed by atoms with Crippen molar-refractivity contribution in [3.05, 3.63) is 77.9 Å². The molecule has 0 unspecified atom stereocenters. The summed E-state index contributed by atoms with van der Waals surface area (Å²) in [5.41, 5.74) is 0.317. The zero-order valence-electron chi connectivity index (χ0n) is 14.3. The Bertz CT molecular complexity index is 966. The van der Waals surface area contributed by atoms with Crippen LogP contribution in [0.3, 0.4) is 0 Å². The summed E-state index contributed by atoms with van der Waals surface area (Å²) in [6, 6.07) is 12.4. The maximum Gasteiger partial charge on any atom is 0.274 e. The van der Waals surface area contributed by atoms with E-state index in [0.29, 0.717) is 6.54 Å². The number of carbonyl (C=O) groups is 1. The fourth-order valence-electron chi connectivity index (χ4n) is 2.46. The molecule has 0 aliphatic heterocycles. The number of hydrogen-bond donors (Lipinski definition) is 1. The number of nitrogens with one attached hydrogen (secondary N) is 1. The van der Waals surface area contributed by atoms with Gasteiger partial charge in [0, 0.05) is 18.4 Å². The highest BCUT2D eigenvalue weighted by atomic mass is 19.2. The fraction of sp³-hybridized carbons (Fsp3) is 0.105. The second-order valence-corrected chi connectivity index (χ2v) is 5.50. The molecule has 0 fully saturated rings. The van der Waals surface area contributed by atoms with E-state index in [-0.39, 0.29) is 11.6 Å². The molecule has 2 aromatic carbocycles. The van der Waals surface area contributed by atoms with Crippen molar-refractivity contribution in [1.82, 2.24) is 9.97 Å². The molecule has 0 saturated carbocycles. The van der Waals surface area contributed by atoms with Crippen LogP contribution >= 0.6 is 0 Å². The molecule has 3 aromatic rings. The molecule has 0 aliphatic rings. The number of rotatable bonds is 5. The van der Waals surface area contributed by atoms with E-state index in [4.69, 9.17) is 0 Å². The van der Waals surface area contributed by atoms with Gasteiger partial charge < -0.3 is 10.2 Å². The first kappa shape index (κ1) is 18.4. The third kappa shape index (κ3) is 3.89. The number of carbonyl (C=O) groups excluding carboxylic acids is 1. The SMILES string of the molecule is CCN(c1ccccc1)c1nccc(C(=O)Nc2ccc(F)c(F)c2F)n1. The van der Waals surface area contributed by atoms with Crippen molar-refractivity contribution in [2.45, 2.75) is 6.92 Å². The van der Waals surface area contributed by atoms with Gasteiger partial charge >= 0.3 is 0 Å². The van der Waals surface area contributed by atoms with Crippen molar-refractivity contribution in [3.63, 3.8) is 0 Å². The summed E-state index contributed by atoms with van der Waals surface area (Å²) >= 11 is 0.